The number of nitrogens with one attached hydrogen (secondary N) is 1. The van der Waals surface area contributed by atoms with Crippen LogP contribution in [0.15, 0.2) is 54.6 Å². The fraction of sp³-hybridized carbons (Fsp3) is 0.350. The van der Waals surface area contributed by atoms with E-state index in [4.69, 9.17) is 4.74 Å². The fourth-order valence-corrected chi connectivity index (χ4v) is 2.27. The van der Waals surface area contributed by atoms with Crippen LogP contribution >= 0.6 is 0 Å². The average Bonchev–Trinajstić information content (AvgIpc) is 2.61. The zero-order valence-electron chi connectivity index (χ0n) is 13.8. The maximum Gasteiger partial charge on any atom is 0.251 e. The van der Waals surface area contributed by atoms with E-state index in [-0.39, 0.29) is 5.91 Å². The molecule has 0 spiro atoms. The number of hydrogen-bond acceptors (Lipinski definition) is 2. The van der Waals surface area contributed by atoms with E-state index in [0.717, 1.165) is 37.0 Å². The molecule has 0 aromatic heterocycles. The SMILES string of the molecule is CCCCOCCCNC(=O)c1ccc(-c2ccccc2)cc1. The molecule has 2 aromatic carbocycles. The van der Waals surface area contributed by atoms with Crippen molar-refractivity contribution in [2.24, 2.45) is 0 Å². The molecule has 122 valence electrons. The Bertz CT molecular complexity index is 578. The van der Waals surface area contributed by atoms with Crippen LogP contribution in [0.3, 0.4) is 0 Å². The van der Waals surface area contributed by atoms with Crippen LogP contribution in [-0.2, 0) is 4.74 Å². The highest BCUT2D eigenvalue weighted by atomic mass is 16.5. The highest BCUT2D eigenvalue weighted by Crippen LogP contribution is 2.19. The Labute approximate surface area is 138 Å². The third kappa shape index (κ3) is 5.87. The fourth-order valence-electron chi connectivity index (χ4n) is 2.27. The molecule has 0 radical (unpaired) electrons. The summed E-state index contributed by atoms with van der Waals surface area (Å²) in [6.07, 6.45) is 3.09. The molecule has 0 aliphatic rings. The third-order valence-corrected chi connectivity index (χ3v) is 3.65. The van der Waals surface area contributed by atoms with Crippen LogP contribution < -0.4 is 5.32 Å². The zero-order valence-corrected chi connectivity index (χ0v) is 13.8. The lowest BCUT2D eigenvalue weighted by atomic mass is 10.0. The minimum Gasteiger partial charge on any atom is -0.381 e. The van der Waals surface area contributed by atoms with E-state index in [1.807, 2.05) is 42.5 Å². The summed E-state index contributed by atoms with van der Waals surface area (Å²) in [4.78, 5) is 12.1. The molecule has 0 atom stereocenters. The van der Waals surface area contributed by atoms with Gasteiger partial charge in [-0.25, -0.2) is 0 Å². The van der Waals surface area contributed by atoms with Crippen molar-refractivity contribution in [2.75, 3.05) is 19.8 Å². The molecular weight excluding hydrogens is 286 g/mol. The number of carbonyl (C=O) groups is 1. The van der Waals surface area contributed by atoms with E-state index in [0.29, 0.717) is 18.7 Å². The van der Waals surface area contributed by atoms with Crippen LogP contribution in [0.1, 0.15) is 36.5 Å². The van der Waals surface area contributed by atoms with E-state index in [2.05, 4.69) is 24.4 Å². The highest BCUT2D eigenvalue weighted by Gasteiger charge is 2.05. The quantitative estimate of drug-likeness (QED) is 0.702. The van der Waals surface area contributed by atoms with Gasteiger partial charge < -0.3 is 10.1 Å². The van der Waals surface area contributed by atoms with Crippen LogP contribution in [0.4, 0.5) is 0 Å². The lowest BCUT2D eigenvalue weighted by Gasteiger charge is -2.07. The van der Waals surface area contributed by atoms with Gasteiger partial charge in [-0.2, -0.15) is 0 Å². The van der Waals surface area contributed by atoms with Gasteiger partial charge >= 0.3 is 0 Å². The minimum absolute atomic E-state index is 0.0295. The molecule has 2 aromatic rings. The molecule has 2 rings (SSSR count). The number of carbonyl (C=O) groups excluding carboxylic acids is 1. The summed E-state index contributed by atoms with van der Waals surface area (Å²) in [7, 11) is 0. The molecule has 0 saturated heterocycles. The standard InChI is InChI=1S/C20H25NO2/c1-2-3-15-23-16-7-14-21-20(22)19-12-10-18(11-13-19)17-8-5-4-6-9-17/h4-6,8-13H,2-3,7,14-16H2,1H3,(H,21,22). The highest BCUT2D eigenvalue weighted by molar-refractivity contribution is 5.94. The Morgan fingerprint density at radius 2 is 1.57 bits per heavy atom. The van der Waals surface area contributed by atoms with Crippen LogP contribution in [0.2, 0.25) is 0 Å². The van der Waals surface area contributed by atoms with Crippen molar-refractivity contribution in [3.05, 3.63) is 60.2 Å². The maximum absolute atomic E-state index is 12.1. The molecular formula is C20H25NO2. The first kappa shape index (κ1) is 17.2. The molecule has 3 heteroatoms. The molecule has 0 aliphatic heterocycles. The van der Waals surface area contributed by atoms with E-state index < -0.39 is 0 Å². The largest absolute Gasteiger partial charge is 0.381 e. The Kier molecular flexibility index (Phi) is 7.34. The summed E-state index contributed by atoms with van der Waals surface area (Å²) in [6.45, 7) is 4.30. The topological polar surface area (TPSA) is 38.3 Å². The number of amides is 1. The van der Waals surface area contributed by atoms with Gasteiger partial charge in [-0.05, 0) is 36.1 Å². The smallest absolute Gasteiger partial charge is 0.251 e. The van der Waals surface area contributed by atoms with Crippen molar-refractivity contribution in [1.29, 1.82) is 0 Å². The van der Waals surface area contributed by atoms with E-state index in [1.165, 1.54) is 0 Å². The van der Waals surface area contributed by atoms with Crippen molar-refractivity contribution in [3.63, 3.8) is 0 Å². The summed E-state index contributed by atoms with van der Waals surface area (Å²) in [6, 6.07) is 17.9. The number of hydrogen-bond donors (Lipinski definition) is 1. The Morgan fingerprint density at radius 3 is 2.26 bits per heavy atom. The lowest BCUT2D eigenvalue weighted by molar-refractivity contribution is 0.0940. The normalized spacial score (nSPS) is 10.5. The second kappa shape index (κ2) is 9.80. The summed E-state index contributed by atoms with van der Waals surface area (Å²) >= 11 is 0. The predicted octanol–water partition coefficient (Wildman–Crippen LogP) is 4.29. The molecule has 23 heavy (non-hydrogen) atoms. The molecule has 1 N–H and O–H groups in total. The third-order valence-electron chi connectivity index (χ3n) is 3.65. The molecule has 1 amide bonds. The zero-order chi connectivity index (χ0) is 16.3. The number of rotatable bonds is 9. The van der Waals surface area contributed by atoms with Gasteiger partial charge in [0.25, 0.3) is 5.91 Å². The van der Waals surface area contributed by atoms with E-state index in [9.17, 15) is 4.79 Å². The first-order chi connectivity index (χ1) is 11.3. The minimum atomic E-state index is -0.0295. The van der Waals surface area contributed by atoms with Crippen molar-refractivity contribution >= 4 is 5.91 Å². The number of benzene rings is 2. The summed E-state index contributed by atoms with van der Waals surface area (Å²) < 4.78 is 5.47. The summed E-state index contributed by atoms with van der Waals surface area (Å²) in [5, 5.41) is 2.93. The molecule has 0 bridgehead atoms. The summed E-state index contributed by atoms with van der Waals surface area (Å²) in [5.41, 5.74) is 2.96. The van der Waals surface area contributed by atoms with Crippen molar-refractivity contribution in [1.82, 2.24) is 5.32 Å². The molecule has 0 saturated carbocycles. The first-order valence-electron chi connectivity index (χ1n) is 8.32. The Balaban J connectivity index is 1.75. The predicted molar refractivity (Wildman–Crippen MR) is 94.6 cm³/mol. The van der Waals surface area contributed by atoms with Gasteiger partial charge in [-0.3, -0.25) is 4.79 Å². The van der Waals surface area contributed by atoms with Crippen molar-refractivity contribution in [3.8, 4) is 11.1 Å². The Morgan fingerprint density at radius 1 is 0.913 bits per heavy atom. The monoisotopic (exact) mass is 311 g/mol. The van der Waals surface area contributed by atoms with Crippen LogP contribution in [0, 0.1) is 0 Å². The molecule has 3 nitrogen and oxygen atoms in total. The molecule has 0 aliphatic carbocycles. The van der Waals surface area contributed by atoms with Gasteiger partial charge in [-0.15, -0.1) is 0 Å². The molecule has 0 fully saturated rings. The lowest BCUT2D eigenvalue weighted by Crippen LogP contribution is -2.25. The van der Waals surface area contributed by atoms with Gasteiger partial charge in [0.05, 0.1) is 0 Å². The van der Waals surface area contributed by atoms with Crippen LogP contribution in [-0.4, -0.2) is 25.7 Å². The van der Waals surface area contributed by atoms with Gasteiger partial charge in [0.1, 0.15) is 0 Å². The van der Waals surface area contributed by atoms with Gasteiger partial charge in [-0.1, -0.05) is 55.8 Å². The second-order valence-corrected chi connectivity index (χ2v) is 5.52. The van der Waals surface area contributed by atoms with Gasteiger partial charge in [0.15, 0.2) is 0 Å². The maximum atomic E-state index is 12.1. The van der Waals surface area contributed by atoms with E-state index >= 15 is 0 Å². The van der Waals surface area contributed by atoms with Gasteiger partial charge in [0, 0.05) is 25.3 Å². The van der Waals surface area contributed by atoms with Crippen molar-refractivity contribution in [2.45, 2.75) is 26.2 Å². The Hall–Kier alpha value is -2.13. The number of unbranched alkanes of at least 4 members (excludes halogenated alkanes) is 1. The van der Waals surface area contributed by atoms with Crippen molar-refractivity contribution < 1.29 is 9.53 Å². The van der Waals surface area contributed by atoms with Crippen LogP contribution in [0.5, 0.6) is 0 Å². The van der Waals surface area contributed by atoms with Crippen LogP contribution in [0.25, 0.3) is 11.1 Å². The molecule has 0 heterocycles. The van der Waals surface area contributed by atoms with E-state index in [1.54, 1.807) is 0 Å². The molecule has 0 unspecified atom stereocenters. The second-order valence-electron chi connectivity index (χ2n) is 5.52. The number of ether oxygens (including phenoxy) is 1. The first-order valence-corrected chi connectivity index (χ1v) is 8.32. The van der Waals surface area contributed by atoms with Gasteiger partial charge in [0.2, 0.25) is 0 Å². The average molecular weight is 311 g/mol. The summed E-state index contributed by atoms with van der Waals surface area (Å²) in [5.74, 6) is -0.0295.